The highest BCUT2D eigenvalue weighted by molar-refractivity contribution is 6.30. The molecule has 7 nitrogen and oxygen atoms in total. The third-order valence-electron chi connectivity index (χ3n) is 2.85. The number of carbonyl (C=O) groups excluding carboxylic acids is 3. The van der Waals surface area contributed by atoms with Gasteiger partial charge in [0.25, 0.3) is 5.91 Å². The predicted octanol–water partition coefficient (Wildman–Crippen LogP) is 2.29. The van der Waals surface area contributed by atoms with Crippen LogP contribution in [0.3, 0.4) is 0 Å². The zero-order chi connectivity index (χ0) is 19.2. The second-order valence-electron chi connectivity index (χ2n) is 4.85. The number of halogens is 4. The lowest BCUT2D eigenvalue weighted by molar-refractivity contribution is -0.153. The number of nitrogens with one attached hydrogen (secondary N) is 2. The molecule has 0 saturated heterocycles. The van der Waals surface area contributed by atoms with Gasteiger partial charge in [0.15, 0.2) is 6.10 Å². The quantitative estimate of drug-likeness (QED) is 0.656. The van der Waals surface area contributed by atoms with Gasteiger partial charge in [0.2, 0.25) is 0 Å². The Balaban J connectivity index is 2.70. The minimum atomic E-state index is -4.73. The first-order valence-corrected chi connectivity index (χ1v) is 7.29. The maximum Gasteiger partial charge on any atom is 0.418 e. The smallest absolute Gasteiger partial charge is 0.418 e. The number of alkyl halides is 3. The Morgan fingerprint density at radius 2 is 1.96 bits per heavy atom. The second kappa shape index (κ2) is 8.56. The number of urea groups is 1. The SMILES string of the molecule is C[C@@H](OC(=O)CCNC(N)=O)C(=O)Nc1ccc(Cl)cc1C(F)(F)F. The van der Waals surface area contributed by atoms with Crippen molar-refractivity contribution < 1.29 is 32.3 Å². The van der Waals surface area contributed by atoms with Gasteiger partial charge in [0.1, 0.15) is 0 Å². The van der Waals surface area contributed by atoms with E-state index in [4.69, 9.17) is 22.1 Å². The number of anilines is 1. The van der Waals surface area contributed by atoms with Gasteiger partial charge >= 0.3 is 18.2 Å². The summed E-state index contributed by atoms with van der Waals surface area (Å²) in [5.74, 6) is -1.78. The van der Waals surface area contributed by atoms with Gasteiger partial charge in [-0.2, -0.15) is 13.2 Å². The fraction of sp³-hybridized carbons (Fsp3) is 0.357. The summed E-state index contributed by atoms with van der Waals surface area (Å²) in [4.78, 5) is 33.8. The van der Waals surface area contributed by atoms with Crippen LogP contribution in [0.2, 0.25) is 5.02 Å². The topological polar surface area (TPSA) is 111 Å². The van der Waals surface area contributed by atoms with Crippen LogP contribution in [0.25, 0.3) is 0 Å². The average Bonchev–Trinajstić information content (AvgIpc) is 2.47. The van der Waals surface area contributed by atoms with E-state index in [1.807, 2.05) is 5.32 Å². The number of rotatable bonds is 6. The Hall–Kier alpha value is -2.49. The molecule has 1 atom stereocenters. The molecule has 4 N–H and O–H groups in total. The highest BCUT2D eigenvalue weighted by atomic mass is 35.5. The molecule has 11 heteroatoms. The number of esters is 1. The fourth-order valence-corrected chi connectivity index (χ4v) is 1.86. The zero-order valence-corrected chi connectivity index (χ0v) is 13.7. The molecular formula is C14H15ClF3N3O4. The van der Waals surface area contributed by atoms with Crippen LogP contribution in [-0.2, 0) is 20.5 Å². The number of amides is 3. The normalized spacial score (nSPS) is 12.2. The molecule has 0 heterocycles. The zero-order valence-electron chi connectivity index (χ0n) is 12.9. The van der Waals surface area contributed by atoms with Crippen molar-refractivity contribution in [2.75, 3.05) is 11.9 Å². The largest absolute Gasteiger partial charge is 0.452 e. The highest BCUT2D eigenvalue weighted by Gasteiger charge is 2.34. The Kier molecular flexibility index (Phi) is 7.04. The summed E-state index contributed by atoms with van der Waals surface area (Å²) in [6.45, 7) is 1.09. The number of nitrogens with two attached hydrogens (primary N) is 1. The summed E-state index contributed by atoms with van der Waals surface area (Å²) in [5.41, 5.74) is 3.17. The number of hydrogen-bond donors (Lipinski definition) is 3. The minimum absolute atomic E-state index is 0.0993. The molecule has 0 unspecified atom stereocenters. The molecule has 1 aromatic carbocycles. The van der Waals surface area contributed by atoms with Crippen molar-refractivity contribution >= 4 is 35.2 Å². The number of benzene rings is 1. The van der Waals surface area contributed by atoms with Crippen LogP contribution in [-0.4, -0.2) is 30.6 Å². The lowest BCUT2D eigenvalue weighted by atomic mass is 10.1. The van der Waals surface area contributed by atoms with Gasteiger partial charge in [-0.3, -0.25) is 9.59 Å². The van der Waals surface area contributed by atoms with E-state index < -0.39 is 41.4 Å². The molecular weight excluding hydrogens is 367 g/mol. The van der Waals surface area contributed by atoms with Gasteiger partial charge in [-0.15, -0.1) is 0 Å². The first-order valence-electron chi connectivity index (χ1n) is 6.91. The van der Waals surface area contributed by atoms with Gasteiger partial charge in [0, 0.05) is 11.6 Å². The van der Waals surface area contributed by atoms with Crippen LogP contribution in [0.4, 0.5) is 23.7 Å². The number of hydrogen-bond acceptors (Lipinski definition) is 4. The molecule has 0 fully saturated rings. The van der Waals surface area contributed by atoms with Crippen LogP contribution >= 0.6 is 11.6 Å². The van der Waals surface area contributed by atoms with Gasteiger partial charge < -0.3 is 21.1 Å². The minimum Gasteiger partial charge on any atom is -0.452 e. The Labute approximate surface area is 145 Å². The van der Waals surface area contributed by atoms with Crippen LogP contribution in [0.15, 0.2) is 18.2 Å². The van der Waals surface area contributed by atoms with E-state index in [1.54, 1.807) is 0 Å². The molecule has 0 saturated carbocycles. The molecule has 0 aliphatic carbocycles. The van der Waals surface area contributed by atoms with E-state index in [-0.39, 0.29) is 18.0 Å². The fourth-order valence-electron chi connectivity index (χ4n) is 1.69. The summed E-state index contributed by atoms with van der Waals surface area (Å²) in [7, 11) is 0. The van der Waals surface area contributed by atoms with E-state index in [9.17, 15) is 27.6 Å². The highest BCUT2D eigenvalue weighted by Crippen LogP contribution is 2.36. The molecule has 3 amide bonds. The number of primary amides is 1. The first kappa shape index (κ1) is 20.6. The van der Waals surface area contributed by atoms with Crippen molar-refractivity contribution in [2.45, 2.75) is 25.6 Å². The summed E-state index contributed by atoms with van der Waals surface area (Å²) < 4.78 is 43.6. The van der Waals surface area contributed by atoms with Crippen LogP contribution in [0.1, 0.15) is 18.9 Å². The Bertz CT molecular complexity index is 667. The van der Waals surface area contributed by atoms with Gasteiger partial charge in [-0.25, -0.2) is 4.79 Å². The second-order valence-corrected chi connectivity index (χ2v) is 5.29. The molecule has 1 rings (SSSR count). The summed E-state index contributed by atoms with van der Waals surface area (Å²) in [5, 5.41) is 4.04. The lowest BCUT2D eigenvalue weighted by Crippen LogP contribution is -2.34. The number of ether oxygens (including phenoxy) is 1. The molecule has 0 aliphatic rings. The van der Waals surface area contributed by atoms with E-state index in [1.165, 1.54) is 13.0 Å². The maximum atomic E-state index is 13.0. The van der Waals surface area contributed by atoms with E-state index in [2.05, 4.69) is 5.32 Å². The summed E-state index contributed by atoms with van der Waals surface area (Å²) in [6, 6.07) is 2.01. The predicted molar refractivity (Wildman–Crippen MR) is 82.8 cm³/mol. The van der Waals surface area contributed by atoms with E-state index >= 15 is 0 Å². The van der Waals surface area contributed by atoms with Crippen LogP contribution in [0.5, 0.6) is 0 Å². The Morgan fingerprint density at radius 1 is 1.32 bits per heavy atom. The van der Waals surface area contributed by atoms with Crippen LogP contribution in [0, 0.1) is 0 Å². The lowest BCUT2D eigenvalue weighted by Gasteiger charge is -2.17. The molecule has 25 heavy (non-hydrogen) atoms. The van der Waals surface area contributed by atoms with Gasteiger partial charge in [0.05, 0.1) is 17.7 Å². The first-order chi connectivity index (χ1) is 11.5. The molecule has 138 valence electrons. The number of carbonyl (C=O) groups is 3. The molecule has 0 bridgehead atoms. The third kappa shape index (κ3) is 6.87. The van der Waals surface area contributed by atoms with Crippen LogP contribution < -0.4 is 16.4 Å². The van der Waals surface area contributed by atoms with Gasteiger partial charge in [-0.05, 0) is 25.1 Å². The maximum absolute atomic E-state index is 13.0. The van der Waals surface area contributed by atoms with E-state index in [0.29, 0.717) is 6.07 Å². The molecule has 1 aromatic rings. The molecule has 0 radical (unpaired) electrons. The van der Waals surface area contributed by atoms with Crippen molar-refractivity contribution in [1.29, 1.82) is 0 Å². The van der Waals surface area contributed by atoms with Crippen molar-refractivity contribution in [3.8, 4) is 0 Å². The standard InChI is InChI=1S/C14H15ClF3N3O4/c1-7(25-11(22)4-5-20-13(19)24)12(23)21-10-3-2-8(15)6-9(10)14(16,17)18/h2-3,6-7H,4-5H2,1H3,(H,21,23)(H3,19,20,24)/t7-/m1/s1. The monoisotopic (exact) mass is 381 g/mol. The molecule has 0 aromatic heterocycles. The van der Waals surface area contributed by atoms with Gasteiger partial charge in [-0.1, -0.05) is 11.6 Å². The molecule has 0 aliphatic heterocycles. The van der Waals surface area contributed by atoms with Crippen molar-refractivity contribution in [1.82, 2.24) is 5.32 Å². The summed E-state index contributed by atoms with van der Waals surface area (Å²) >= 11 is 5.54. The summed E-state index contributed by atoms with van der Waals surface area (Å²) in [6.07, 6.45) is -6.33. The van der Waals surface area contributed by atoms with Crippen molar-refractivity contribution in [2.24, 2.45) is 5.73 Å². The third-order valence-corrected chi connectivity index (χ3v) is 3.09. The van der Waals surface area contributed by atoms with Crippen molar-refractivity contribution in [3.05, 3.63) is 28.8 Å². The van der Waals surface area contributed by atoms with Crippen molar-refractivity contribution in [3.63, 3.8) is 0 Å². The molecule has 0 spiro atoms. The average molecular weight is 382 g/mol. The Morgan fingerprint density at radius 3 is 2.52 bits per heavy atom. The van der Waals surface area contributed by atoms with E-state index in [0.717, 1.165) is 6.07 Å².